The van der Waals surface area contributed by atoms with Gasteiger partial charge in [-0.25, -0.2) is 0 Å². The molecule has 5 nitrogen and oxygen atoms in total. The lowest BCUT2D eigenvalue weighted by Crippen LogP contribution is -1.98. The maximum Gasteiger partial charge on any atom is 0.206 e. The van der Waals surface area contributed by atoms with Gasteiger partial charge in [-0.1, -0.05) is 12.1 Å². The summed E-state index contributed by atoms with van der Waals surface area (Å²) in [6.45, 7) is 2.71. The molecule has 0 spiro atoms. The van der Waals surface area contributed by atoms with Gasteiger partial charge in [0.05, 0.1) is 6.54 Å². The van der Waals surface area contributed by atoms with E-state index in [1.807, 2.05) is 38.2 Å². The summed E-state index contributed by atoms with van der Waals surface area (Å²) in [6, 6.07) is 7.90. The summed E-state index contributed by atoms with van der Waals surface area (Å²) in [6.07, 6.45) is 0. The van der Waals surface area contributed by atoms with Crippen molar-refractivity contribution in [2.45, 2.75) is 13.5 Å². The minimum atomic E-state index is 0.654. The maximum atomic E-state index is 4.26. The lowest BCUT2D eigenvalue weighted by molar-refractivity contribution is 0.553. The number of nitrogens with one attached hydrogen (secondary N) is 1. The molecule has 15 heavy (non-hydrogen) atoms. The van der Waals surface area contributed by atoms with Crippen LogP contribution in [0.4, 0.5) is 5.69 Å². The normalized spacial score (nSPS) is 10.3. The Kier molecular flexibility index (Phi) is 2.62. The number of rotatable bonds is 3. The second kappa shape index (κ2) is 4.08. The lowest BCUT2D eigenvalue weighted by atomic mass is 10.1. The Hall–Kier alpha value is -1.91. The van der Waals surface area contributed by atoms with Crippen molar-refractivity contribution in [2.24, 2.45) is 0 Å². The van der Waals surface area contributed by atoms with Gasteiger partial charge in [0.2, 0.25) is 5.82 Å². The molecule has 2 rings (SSSR count). The first kappa shape index (κ1) is 9.64. The van der Waals surface area contributed by atoms with Crippen LogP contribution in [0.5, 0.6) is 0 Å². The molecular weight excluding hydrogens is 190 g/mol. The highest BCUT2D eigenvalue weighted by Gasteiger charge is 2.08. The van der Waals surface area contributed by atoms with Crippen LogP contribution in [0.1, 0.15) is 6.92 Å². The van der Waals surface area contributed by atoms with Crippen molar-refractivity contribution < 1.29 is 0 Å². The van der Waals surface area contributed by atoms with E-state index in [0.717, 1.165) is 17.8 Å². The second-order valence-electron chi connectivity index (χ2n) is 3.10. The van der Waals surface area contributed by atoms with Crippen molar-refractivity contribution in [3.05, 3.63) is 24.3 Å². The van der Waals surface area contributed by atoms with Gasteiger partial charge in [0.15, 0.2) is 0 Å². The van der Waals surface area contributed by atoms with Crippen molar-refractivity contribution in [2.75, 3.05) is 12.4 Å². The summed E-state index contributed by atoms with van der Waals surface area (Å²) in [4.78, 5) is 1.57. The van der Waals surface area contributed by atoms with Crippen molar-refractivity contribution in [3.63, 3.8) is 0 Å². The van der Waals surface area contributed by atoms with E-state index >= 15 is 0 Å². The number of para-hydroxylation sites is 1. The van der Waals surface area contributed by atoms with Gasteiger partial charge in [-0.3, -0.25) is 0 Å². The van der Waals surface area contributed by atoms with Gasteiger partial charge in [0.25, 0.3) is 0 Å². The molecule has 5 heteroatoms. The SMILES string of the molecule is CCn1nnc(-c2ccccc2NC)n1. The molecule has 0 radical (unpaired) electrons. The topological polar surface area (TPSA) is 55.6 Å². The summed E-state index contributed by atoms with van der Waals surface area (Å²) in [5.74, 6) is 0.654. The number of aromatic nitrogens is 4. The Morgan fingerprint density at radius 3 is 2.80 bits per heavy atom. The van der Waals surface area contributed by atoms with Crippen LogP contribution in [0, 0.1) is 0 Å². The van der Waals surface area contributed by atoms with Crippen LogP contribution < -0.4 is 5.32 Å². The van der Waals surface area contributed by atoms with E-state index in [-0.39, 0.29) is 0 Å². The smallest absolute Gasteiger partial charge is 0.206 e. The quantitative estimate of drug-likeness (QED) is 0.819. The van der Waals surface area contributed by atoms with Gasteiger partial charge in [-0.05, 0) is 24.3 Å². The first-order valence-corrected chi connectivity index (χ1v) is 4.90. The van der Waals surface area contributed by atoms with Gasteiger partial charge in [-0.15, -0.1) is 10.2 Å². The van der Waals surface area contributed by atoms with Gasteiger partial charge < -0.3 is 5.32 Å². The van der Waals surface area contributed by atoms with Crippen LogP contribution in [0.25, 0.3) is 11.4 Å². The number of hydrogen-bond donors (Lipinski definition) is 1. The Morgan fingerprint density at radius 1 is 1.33 bits per heavy atom. The van der Waals surface area contributed by atoms with E-state index in [1.165, 1.54) is 0 Å². The molecule has 1 aromatic carbocycles. The highest BCUT2D eigenvalue weighted by Crippen LogP contribution is 2.23. The predicted molar refractivity (Wildman–Crippen MR) is 58.5 cm³/mol. The third kappa shape index (κ3) is 1.81. The average molecular weight is 203 g/mol. The molecule has 0 atom stereocenters. The predicted octanol–water partition coefficient (Wildman–Crippen LogP) is 1.40. The molecule has 1 N–H and O–H groups in total. The first-order valence-electron chi connectivity index (χ1n) is 4.90. The molecule has 0 unspecified atom stereocenters. The molecule has 78 valence electrons. The van der Waals surface area contributed by atoms with E-state index < -0.39 is 0 Å². The molecule has 1 heterocycles. The fourth-order valence-electron chi connectivity index (χ4n) is 1.38. The third-order valence-electron chi connectivity index (χ3n) is 2.17. The van der Waals surface area contributed by atoms with E-state index in [9.17, 15) is 0 Å². The molecule has 0 saturated heterocycles. The number of benzene rings is 1. The number of anilines is 1. The molecule has 2 aromatic rings. The van der Waals surface area contributed by atoms with E-state index in [0.29, 0.717) is 5.82 Å². The molecule has 0 aliphatic heterocycles. The molecule has 1 aromatic heterocycles. The monoisotopic (exact) mass is 203 g/mol. The number of nitrogens with zero attached hydrogens (tertiary/aromatic N) is 4. The molecule has 0 aliphatic rings. The standard InChI is InChI=1S/C10H13N5/c1-3-15-13-10(12-14-15)8-6-4-5-7-9(8)11-2/h4-7,11H,3H2,1-2H3. The van der Waals surface area contributed by atoms with Crippen LogP contribution in [0.15, 0.2) is 24.3 Å². The Balaban J connectivity index is 2.44. The second-order valence-corrected chi connectivity index (χ2v) is 3.10. The zero-order chi connectivity index (χ0) is 10.7. The van der Waals surface area contributed by atoms with Crippen LogP contribution in [0.3, 0.4) is 0 Å². The Morgan fingerprint density at radius 2 is 2.13 bits per heavy atom. The summed E-state index contributed by atoms with van der Waals surface area (Å²) in [5, 5.41) is 15.3. The Labute approximate surface area is 88.1 Å². The average Bonchev–Trinajstić information content (AvgIpc) is 2.77. The van der Waals surface area contributed by atoms with Crippen LogP contribution in [0.2, 0.25) is 0 Å². The number of hydrogen-bond acceptors (Lipinski definition) is 4. The Bertz CT molecular complexity index is 449. The zero-order valence-electron chi connectivity index (χ0n) is 8.81. The largest absolute Gasteiger partial charge is 0.388 e. The van der Waals surface area contributed by atoms with Crippen molar-refractivity contribution in [1.82, 2.24) is 20.2 Å². The fraction of sp³-hybridized carbons (Fsp3) is 0.300. The molecule has 0 amide bonds. The minimum absolute atomic E-state index is 0.654. The number of aryl methyl sites for hydroxylation is 1. The molecule has 0 fully saturated rings. The van der Waals surface area contributed by atoms with Crippen LogP contribution >= 0.6 is 0 Å². The van der Waals surface area contributed by atoms with Gasteiger partial charge in [-0.2, -0.15) is 4.80 Å². The zero-order valence-corrected chi connectivity index (χ0v) is 8.81. The minimum Gasteiger partial charge on any atom is -0.388 e. The van der Waals surface area contributed by atoms with Crippen molar-refractivity contribution in [3.8, 4) is 11.4 Å². The van der Waals surface area contributed by atoms with Gasteiger partial charge >= 0.3 is 0 Å². The molecule has 0 bridgehead atoms. The third-order valence-corrected chi connectivity index (χ3v) is 2.17. The van der Waals surface area contributed by atoms with Gasteiger partial charge in [0, 0.05) is 18.3 Å². The summed E-state index contributed by atoms with van der Waals surface area (Å²) < 4.78 is 0. The fourth-order valence-corrected chi connectivity index (χ4v) is 1.38. The van der Waals surface area contributed by atoms with Crippen molar-refractivity contribution in [1.29, 1.82) is 0 Å². The summed E-state index contributed by atoms with van der Waals surface area (Å²) in [7, 11) is 1.88. The van der Waals surface area contributed by atoms with Crippen LogP contribution in [-0.4, -0.2) is 27.3 Å². The van der Waals surface area contributed by atoms with E-state index in [2.05, 4.69) is 20.7 Å². The van der Waals surface area contributed by atoms with Crippen LogP contribution in [-0.2, 0) is 6.54 Å². The lowest BCUT2D eigenvalue weighted by Gasteiger charge is -2.03. The maximum absolute atomic E-state index is 4.26. The highest BCUT2D eigenvalue weighted by molar-refractivity contribution is 5.72. The molecule has 0 aliphatic carbocycles. The summed E-state index contributed by atoms with van der Waals surface area (Å²) in [5.41, 5.74) is 1.98. The van der Waals surface area contributed by atoms with E-state index in [1.54, 1.807) is 4.80 Å². The van der Waals surface area contributed by atoms with Gasteiger partial charge in [0.1, 0.15) is 0 Å². The first-order chi connectivity index (χ1) is 7.35. The highest BCUT2D eigenvalue weighted by atomic mass is 15.6. The molecule has 0 saturated carbocycles. The molecular formula is C10H13N5. The summed E-state index contributed by atoms with van der Waals surface area (Å²) >= 11 is 0. The number of tetrazole rings is 1. The van der Waals surface area contributed by atoms with Crippen molar-refractivity contribution >= 4 is 5.69 Å². The van der Waals surface area contributed by atoms with E-state index in [4.69, 9.17) is 0 Å².